The molecule has 0 spiro atoms. The molecular weight excluding hydrogens is 446 g/mol. The summed E-state index contributed by atoms with van der Waals surface area (Å²) in [6.45, 7) is 7.92. The molecule has 0 fully saturated rings. The van der Waals surface area contributed by atoms with Crippen LogP contribution in [-0.4, -0.2) is 95.7 Å². The minimum atomic E-state index is -0.796. The van der Waals surface area contributed by atoms with Crippen LogP contribution in [0.5, 0.6) is 0 Å². The molecule has 0 heterocycles. The van der Waals surface area contributed by atoms with Crippen molar-refractivity contribution in [2.24, 2.45) is 23.1 Å². The SMILES string of the molecule is CC(C)C(NC(=O)CCOCCOCCOCCOCCN)C(=O)NC(CCCCN)C(N)=O. The van der Waals surface area contributed by atoms with E-state index in [2.05, 4.69) is 10.6 Å². The van der Waals surface area contributed by atoms with Crippen LogP contribution in [0.3, 0.4) is 0 Å². The van der Waals surface area contributed by atoms with E-state index in [9.17, 15) is 14.4 Å². The number of carbonyl (C=O) groups is 3. The highest BCUT2D eigenvalue weighted by Gasteiger charge is 2.27. The van der Waals surface area contributed by atoms with E-state index in [0.29, 0.717) is 72.2 Å². The summed E-state index contributed by atoms with van der Waals surface area (Å²) < 4.78 is 21.3. The molecule has 0 aromatic carbocycles. The van der Waals surface area contributed by atoms with Gasteiger partial charge in [-0.3, -0.25) is 14.4 Å². The Labute approximate surface area is 202 Å². The number of primary amides is 1. The Morgan fingerprint density at radius 3 is 1.74 bits per heavy atom. The van der Waals surface area contributed by atoms with Gasteiger partial charge in [-0.1, -0.05) is 13.8 Å². The van der Waals surface area contributed by atoms with Gasteiger partial charge in [0.2, 0.25) is 17.7 Å². The van der Waals surface area contributed by atoms with Gasteiger partial charge in [0.1, 0.15) is 12.1 Å². The van der Waals surface area contributed by atoms with Gasteiger partial charge in [-0.2, -0.15) is 0 Å². The van der Waals surface area contributed by atoms with Gasteiger partial charge in [0.05, 0.1) is 52.9 Å². The zero-order valence-corrected chi connectivity index (χ0v) is 20.7. The third-order valence-electron chi connectivity index (χ3n) is 4.72. The van der Waals surface area contributed by atoms with Gasteiger partial charge in [0.15, 0.2) is 0 Å². The molecule has 0 aromatic rings. The normalized spacial score (nSPS) is 13.0. The van der Waals surface area contributed by atoms with E-state index in [1.807, 2.05) is 13.8 Å². The summed E-state index contributed by atoms with van der Waals surface area (Å²) >= 11 is 0. The summed E-state index contributed by atoms with van der Waals surface area (Å²) in [7, 11) is 0. The summed E-state index contributed by atoms with van der Waals surface area (Å²) in [4.78, 5) is 36.5. The van der Waals surface area contributed by atoms with Gasteiger partial charge in [-0.05, 0) is 31.7 Å². The number of unbranched alkanes of at least 4 members (excludes halogenated alkanes) is 1. The molecule has 0 saturated carbocycles. The Kier molecular flexibility index (Phi) is 20.5. The highest BCUT2D eigenvalue weighted by atomic mass is 16.6. The molecule has 0 aromatic heterocycles. The Morgan fingerprint density at radius 1 is 0.735 bits per heavy atom. The number of nitrogens with two attached hydrogens (primary N) is 3. The lowest BCUT2D eigenvalue weighted by atomic mass is 10.0. The van der Waals surface area contributed by atoms with Crippen LogP contribution in [0.1, 0.15) is 39.5 Å². The summed E-state index contributed by atoms with van der Waals surface area (Å²) in [5.41, 5.74) is 16.2. The quantitative estimate of drug-likeness (QED) is 0.107. The van der Waals surface area contributed by atoms with E-state index < -0.39 is 23.9 Å². The molecule has 12 heteroatoms. The predicted octanol–water partition coefficient (Wildman–Crippen LogP) is -1.36. The number of carbonyl (C=O) groups excluding carboxylic acids is 3. The monoisotopic (exact) mass is 491 g/mol. The van der Waals surface area contributed by atoms with Crippen molar-refractivity contribution in [3.8, 4) is 0 Å². The van der Waals surface area contributed by atoms with Gasteiger partial charge in [0.25, 0.3) is 0 Å². The molecule has 12 nitrogen and oxygen atoms in total. The minimum absolute atomic E-state index is 0.0954. The van der Waals surface area contributed by atoms with Gasteiger partial charge in [-0.25, -0.2) is 0 Å². The number of hydrogen-bond donors (Lipinski definition) is 5. The van der Waals surface area contributed by atoms with Crippen molar-refractivity contribution >= 4 is 17.7 Å². The van der Waals surface area contributed by atoms with Crippen molar-refractivity contribution in [1.82, 2.24) is 10.6 Å². The third kappa shape index (κ3) is 17.6. The molecule has 0 radical (unpaired) electrons. The zero-order chi connectivity index (χ0) is 25.6. The fourth-order valence-electron chi connectivity index (χ4n) is 2.83. The first-order valence-corrected chi connectivity index (χ1v) is 11.9. The first kappa shape index (κ1) is 32.2. The van der Waals surface area contributed by atoms with E-state index in [-0.39, 0.29) is 24.9 Å². The minimum Gasteiger partial charge on any atom is -0.379 e. The summed E-state index contributed by atoms with van der Waals surface area (Å²) in [6, 6.07) is -1.58. The lowest BCUT2D eigenvalue weighted by Gasteiger charge is -2.24. The number of amides is 3. The molecule has 0 rings (SSSR count). The lowest BCUT2D eigenvalue weighted by molar-refractivity contribution is -0.132. The maximum absolute atomic E-state index is 12.6. The van der Waals surface area contributed by atoms with Crippen LogP contribution in [0.2, 0.25) is 0 Å². The maximum atomic E-state index is 12.6. The highest BCUT2D eigenvalue weighted by molar-refractivity contribution is 5.91. The fourth-order valence-corrected chi connectivity index (χ4v) is 2.83. The Hall–Kier alpha value is -1.83. The van der Waals surface area contributed by atoms with Crippen molar-refractivity contribution in [2.75, 3.05) is 65.9 Å². The molecule has 0 aliphatic heterocycles. The first-order valence-electron chi connectivity index (χ1n) is 11.9. The van der Waals surface area contributed by atoms with Crippen LogP contribution in [-0.2, 0) is 33.3 Å². The molecule has 0 aliphatic rings. The van der Waals surface area contributed by atoms with Crippen molar-refractivity contribution < 1.29 is 33.3 Å². The van der Waals surface area contributed by atoms with E-state index in [1.165, 1.54) is 0 Å². The lowest BCUT2D eigenvalue weighted by Crippen LogP contribution is -2.54. The van der Waals surface area contributed by atoms with Crippen LogP contribution in [0.15, 0.2) is 0 Å². The second-order valence-electron chi connectivity index (χ2n) is 8.03. The number of rotatable bonds is 23. The van der Waals surface area contributed by atoms with Crippen molar-refractivity contribution in [3.05, 3.63) is 0 Å². The standard InChI is InChI=1S/C22H45N5O7/c1-17(2)20(22(30)26-18(21(25)29)5-3-4-7-23)27-19(28)6-9-31-11-13-33-15-16-34-14-12-32-10-8-24/h17-18,20H,3-16,23-24H2,1-2H3,(H2,25,29)(H,26,30)(H,27,28). The molecule has 200 valence electrons. The summed E-state index contributed by atoms with van der Waals surface area (Å²) in [6.07, 6.45) is 1.90. The third-order valence-corrected chi connectivity index (χ3v) is 4.72. The molecule has 8 N–H and O–H groups in total. The molecule has 0 bridgehead atoms. The zero-order valence-electron chi connectivity index (χ0n) is 20.7. The van der Waals surface area contributed by atoms with Crippen LogP contribution in [0.4, 0.5) is 0 Å². The van der Waals surface area contributed by atoms with E-state index in [4.69, 9.17) is 36.1 Å². The Bertz CT molecular complexity index is 552. The van der Waals surface area contributed by atoms with Crippen LogP contribution < -0.4 is 27.8 Å². The van der Waals surface area contributed by atoms with Crippen molar-refractivity contribution in [3.63, 3.8) is 0 Å². The van der Waals surface area contributed by atoms with Crippen LogP contribution >= 0.6 is 0 Å². The summed E-state index contributed by atoms with van der Waals surface area (Å²) in [5.74, 6) is -1.55. The predicted molar refractivity (Wildman–Crippen MR) is 128 cm³/mol. The average Bonchev–Trinajstić information content (AvgIpc) is 2.79. The number of nitrogens with one attached hydrogen (secondary N) is 2. The second kappa shape index (κ2) is 21.7. The van der Waals surface area contributed by atoms with Crippen LogP contribution in [0.25, 0.3) is 0 Å². The highest BCUT2D eigenvalue weighted by Crippen LogP contribution is 2.06. The topological polar surface area (TPSA) is 190 Å². The van der Waals surface area contributed by atoms with Gasteiger partial charge < -0.3 is 46.8 Å². The van der Waals surface area contributed by atoms with Crippen molar-refractivity contribution in [1.29, 1.82) is 0 Å². The molecule has 0 saturated heterocycles. The Balaban J connectivity index is 4.04. The van der Waals surface area contributed by atoms with E-state index in [0.717, 1.165) is 6.42 Å². The molecule has 2 atom stereocenters. The van der Waals surface area contributed by atoms with E-state index in [1.54, 1.807) is 0 Å². The van der Waals surface area contributed by atoms with Gasteiger partial charge >= 0.3 is 0 Å². The number of hydrogen-bond acceptors (Lipinski definition) is 9. The van der Waals surface area contributed by atoms with Gasteiger partial charge in [0, 0.05) is 13.0 Å². The molecule has 34 heavy (non-hydrogen) atoms. The molecule has 0 aliphatic carbocycles. The molecule has 2 unspecified atom stereocenters. The average molecular weight is 492 g/mol. The fraction of sp³-hybridized carbons (Fsp3) is 0.864. The van der Waals surface area contributed by atoms with Crippen LogP contribution in [0, 0.1) is 5.92 Å². The maximum Gasteiger partial charge on any atom is 0.243 e. The largest absolute Gasteiger partial charge is 0.379 e. The second-order valence-corrected chi connectivity index (χ2v) is 8.03. The number of ether oxygens (including phenoxy) is 4. The Morgan fingerprint density at radius 2 is 1.26 bits per heavy atom. The first-order chi connectivity index (χ1) is 16.3. The van der Waals surface area contributed by atoms with Gasteiger partial charge in [-0.15, -0.1) is 0 Å². The molecular formula is C22H45N5O7. The smallest absolute Gasteiger partial charge is 0.243 e. The van der Waals surface area contributed by atoms with Crippen molar-refractivity contribution in [2.45, 2.75) is 51.6 Å². The van der Waals surface area contributed by atoms with E-state index >= 15 is 0 Å². The summed E-state index contributed by atoms with van der Waals surface area (Å²) in [5, 5.41) is 5.34. The molecule has 3 amide bonds.